The average molecular weight is 307 g/mol. The fourth-order valence-corrected chi connectivity index (χ4v) is 1.67. The second-order valence-electron chi connectivity index (χ2n) is 4.81. The standard InChI is InChI=1S/C15H21N3O4/c1-10(2)17-14(19)8-15(20)18-16-9-11-5-6-12(21-3)13(7-11)22-4/h5-7,9-10H,8H2,1-4H3,(H,17,19)(H,18,20)/b16-9+. The van der Waals surface area contributed by atoms with Gasteiger partial charge in [-0.05, 0) is 37.6 Å². The Hall–Kier alpha value is -2.57. The van der Waals surface area contributed by atoms with Gasteiger partial charge in [0.1, 0.15) is 6.42 Å². The number of ether oxygens (including phenoxy) is 2. The molecule has 0 atom stereocenters. The maximum atomic E-state index is 11.5. The molecule has 0 fully saturated rings. The molecule has 1 aromatic carbocycles. The quantitative estimate of drug-likeness (QED) is 0.448. The Balaban J connectivity index is 2.55. The van der Waals surface area contributed by atoms with E-state index in [9.17, 15) is 9.59 Å². The number of rotatable bonds is 7. The predicted molar refractivity (Wildman–Crippen MR) is 83.2 cm³/mol. The molecule has 0 saturated carbocycles. The van der Waals surface area contributed by atoms with Gasteiger partial charge in [0.15, 0.2) is 11.5 Å². The summed E-state index contributed by atoms with van der Waals surface area (Å²) in [4.78, 5) is 22.9. The molecule has 0 saturated heterocycles. The zero-order valence-corrected chi connectivity index (χ0v) is 13.2. The molecule has 1 rings (SSSR count). The summed E-state index contributed by atoms with van der Waals surface area (Å²) < 4.78 is 10.3. The van der Waals surface area contributed by atoms with Crippen LogP contribution >= 0.6 is 0 Å². The lowest BCUT2D eigenvalue weighted by atomic mass is 10.2. The van der Waals surface area contributed by atoms with E-state index in [0.29, 0.717) is 11.5 Å². The van der Waals surface area contributed by atoms with Crippen molar-refractivity contribution < 1.29 is 19.1 Å². The zero-order chi connectivity index (χ0) is 16.5. The van der Waals surface area contributed by atoms with Crippen molar-refractivity contribution in [1.29, 1.82) is 0 Å². The summed E-state index contributed by atoms with van der Waals surface area (Å²) in [6, 6.07) is 5.22. The largest absolute Gasteiger partial charge is 0.493 e. The molecule has 7 nitrogen and oxygen atoms in total. The van der Waals surface area contributed by atoms with Crippen molar-refractivity contribution in [3.8, 4) is 11.5 Å². The minimum Gasteiger partial charge on any atom is -0.493 e. The van der Waals surface area contributed by atoms with E-state index >= 15 is 0 Å². The number of benzene rings is 1. The van der Waals surface area contributed by atoms with Crippen molar-refractivity contribution in [2.24, 2.45) is 5.10 Å². The normalized spacial score (nSPS) is 10.6. The smallest absolute Gasteiger partial charge is 0.249 e. The molecule has 2 N–H and O–H groups in total. The van der Waals surface area contributed by atoms with E-state index in [1.54, 1.807) is 25.3 Å². The van der Waals surface area contributed by atoms with E-state index in [1.165, 1.54) is 13.3 Å². The Labute approximate surface area is 129 Å². The number of hydrogen-bond acceptors (Lipinski definition) is 5. The Bertz CT molecular complexity index is 556. The van der Waals surface area contributed by atoms with Gasteiger partial charge < -0.3 is 14.8 Å². The molecule has 0 radical (unpaired) electrons. The minimum atomic E-state index is -0.477. The van der Waals surface area contributed by atoms with Crippen molar-refractivity contribution in [1.82, 2.24) is 10.7 Å². The SMILES string of the molecule is COc1ccc(/C=N/NC(=O)CC(=O)NC(C)C)cc1OC. The summed E-state index contributed by atoms with van der Waals surface area (Å²) in [7, 11) is 3.09. The number of methoxy groups -OCH3 is 2. The number of amides is 2. The number of carbonyl (C=O) groups excluding carboxylic acids is 2. The minimum absolute atomic E-state index is 0.00411. The second-order valence-corrected chi connectivity index (χ2v) is 4.81. The van der Waals surface area contributed by atoms with Crippen LogP contribution < -0.4 is 20.2 Å². The lowest BCUT2D eigenvalue weighted by Gasteiger charge is -2.08. The third kappa shape index (κ3) is 5.82. The molecule has 0 aromatic heterocycles. The van der Waals surface area contributed by atoms with Crippen LogP contribution in [-0.2, 0) is 9.59 Å². The van der Waals surface area contributed by atoms with Gasteiger partial charge in [0.2, 0.25) is 11.8 Å². The van der Waals surface area contributed by atoms with Crippen LogP contribution in [0.2, 0.25) is 0 Å². The highest BCUT2D eigenvalue weighted by Gasteiger charge is 2.09. The average Bonchev–Trinajstić information content (AvgIpc) is 2.45. The molecule has 22 heavy (non-hydrogen) atoms. The highest BCUT2D eigenvalue weighted by molar-refractivity contribution is 5.97. The highest BCUT2D eigenvalue weighted by atomic mass is 16.5. The molecule has 0 heterocycles. The highest BCUT2D eigenvalue weighted by Crippen LogP contribution is 2.26. The van der Waals surface area contributed by atoms with Crippen LogP contribution in [0.4, 0.5) is 0 Å². The van der Waals surface area contributed by atoms with Gasteiger partial charge in [-0.2, -0.15) is 5.10 Å². The molecular weight excluding hydrogens is 286 g/mol. The molecule has 0 aliphatic rings. The molecule has 0 spiro atoms. The van der Waals surface area contributed by atoms with Gasteiger partial charge in [-0.3, -0.25) is 9.59 Å². The van der Waals surface area contributed by atoms with E-state index in [-0.39, 0.29) is 18.4 Å². The van der Waals surface area contributed by atoms with Gasteiger partial charge >= 0.3 is 0 Å². The number of carbonyl (C=O) groups is 2. The second kappa shape index (κ2) is 8.66. The summed E-state index contributed by atoms with van der Waals surface area (Å²) >= 11 is 0. The summed E-state index contributed by atoms with van der Waals surface area (Å²) in [6.07, 6.45) is 1.20. The Morgan fingerprint density at radius 2 is 1.86 bits per heavy atom. The van der Waals surface area contributed by atoms with Crippen molar-refractivity contribution in [3.05, 3.63) is 23.8 Å². The molecule has 0 unspecified atom stereocenters. The zero-order valence-electron chi connectivity index (χ0n) is 13.2. The maximum Gasteiger partial charge on any atom is 0.249 e. The molecule has 120 valence electrons. The Morgan fingerprint density at radius 1 is 1.18 bits per heavy atom. The fourth-order valence-electron chi connectivity index (χ4n) is 1.67. The molecular formula is C15H21N3O4. The molecule has 2 amide bonds. The first-order chi connectivity index (χ1) is 10.5. The molecule has 0 aliphatic heterocycles. The van der Waals surface area contributed by atoms with Crippen LogP contribution in [0.25, 0.3) is 0 Å². The summed E-state index contributed by atoms with van der Waals surface area (Å²) in [5.41, 5.74) is 3.03. The first kappa shape index (κ1) is 17.5. The van der Waals surface area contributed by atoms with Gasteiger partial charge in [-0.1, -0.05) is 0 Å². The third-order valence-electron chi connectivity index (χ3n) is 2.58. The third-order valence-corrected chi connectivity index (χ3v) is 2.58. The molecule has 0 aliphatic carbocycles. The predicted octanol–water partition coefficient (Wildman–Crippen LogP) is 1.07. The van der Waals surface area contributed by atoms with Gasteiger partial charge in [0.05, 0.1) is 20.4 Å². The van der Waals surface area contributed by atoms with Gasteiger partial charge in [-0.15, -0.1) is 0 Å². The molecule has 1 aromatic rings. The van der Waals surface area contributed by atoms with E-state index in [4.69, 9.17) is 9.47 Å². The van der Waals surface area contributed by atoms with Gasteiger partial charge in [0.25, 0.3) is 0 Å². The first-order valence-electron chi connectivity index (χ1n) is 6.79. The van der Waals surface area contributed by atoms with Crippen molar-refractivity contribution >= 4 is 18.0 Å². The van der Waals surface area contributed by atoms with Crippen LogP contribution in [-0.4, -0.2) is 38.3 Å². The van der Waals surface area contributed by atoms with Crippen LogP contribution in [0.5, 0.6) is 11.5 Å². The Morgan fingerprint density at radius 3 is 2.45 bits per heavy atom. The first-order valence-corrected chi connectivity index (χ1v) is 6.79. The number of nitrogens with one attached hydrogen (secondary N) is 2. The van der Waals surface area contributed by atoms with Crippen molar-refractivity contribution in [3.63, 3.8) is 0 Å². The summed E-state index contributed by atoms with van der Waals surface area (Å²) in [5, 5.41) is 6.43. The van der Waals surface area contributed by atoms with Crippen LogP contribution in [0.1, 0.15) is 25.8 Å². The van der Waals surface area contributed by atoms with Crippen LogP contribution in [0.3, 0.4) is 0 Å². The van der Waals surface area contributed by atoms with E-state index in [0.717, 1.165) is 5.56 Å². The van der Waals surface area contributed by atoms with Gasteiger partial charge in [-0.25, -0.2) is 5.43 Å². The summed E-state index contributed by atoms with van der Waals surface area (Å²) in [5.74, 6) is 0.354. The Kier molecular flexibility index (Phi) is 6.88. The van der Waals surface area contributed by atoms with Crippen LogP contribution in [0.15, 0.2) is 23.3 Å². The topological polar surface area (TPSA) is 89.0 Å². The van der Waals surface area contributed by atoms with E-state index in [1.807, 2.05) is 13.8 Å². The number of nitrogens with zero attached hydrogens (tertiary/aromatic N) is 1. The van der Waals surface area contributed by atoms with Gasteiger partial charge in [0, 0.05) is 6.04 Å². The maximum absolute atomic E-state index is 11.5. The monoisotopic (exact) mass is 307 g/mol. The molecule has 7 heteroatoms. The summed E-state index contributed by atoms with van der Waals surface area (Å²) in [6.45, 7) is 3.65. The van der Waals surface area contributed by atoms with Crippen molar-refractivity contribution in [2.45, 2.75) is 26.3 Å². The fraction of sp³-hybridized carbons (Fsp3) is 0.400. The van der Waals surface area contributed by atoms with Crippen molar-refractivity contribution in [2.75, 3.05) is 14.2 Å². The van der Waals surface area contributed by atoms with E-state index < -0.39 is 5.91 Å². The lowest BCUT2D eigenvalue weighted by molar-refractivity contribution is -0.129. The van der Waals surface area contributed by atoms with E-state index in [2.05, 4.69) is 15.8 Å². The number of hydrogen-bond donors (Lipinski definition) is 2. The molecule has 0 bridgehead atoms. The van der Waals surface area contributed by atoms with Crippen LogP contribution in [0, 0.1) is 0 Å². The number of hydrazone groups is 1. The lowest BCUT2D eigenvalue weighted by Crippen LogP contribution is -2.34.